The van der Waals surface area contributed by atoms with Crippen molar-refractivity contribution in [1.29, 1.82) is 0 Å². The fraction of sp³-hybridized carbons (Fsp3) is 0.450. The molecule has 0 aliphatic carbocycles. The summed E-state index contributed by atoms with van der Waals surface area (Å²) in [5.41, 5.74) is 3.65. The summed E-state index contributed by atoms with van der Waals surface area (Å²) < 4.78 is 5.25. The van der Waals surface area contributed by atoms with E-state index in [0.29, 0.717) is 24.6 Å². The van der Waals surface area contributed by atoms with Crippen molar-refractivity contribution in [3.05, 3.63) is 47.2 Å². The zero-order valence-corrected chi connectivity index (χ0v) is 15.5. The number of nitrogens with one attached hydrogen (secondary N) is 1. The summed E-state index contributed by atoms with van der Waals surface area (Å²) in [6, 6.07) is 8.39. The van der Waals surface area contributed by atoms with Gasteiger partial charge in [-0.3, -0.25) is 4.79 Å². The van der Waals surface area contributed by atoms with E-state index >= 15 is 0 Å². The third-order valence-corrected chi connectivity index (χ3v) is 5.21. The number of benzene rings is 1. The van der Waals surface area contributed by atoms with Crippen LogP contribution < -0.4 is 0 Å². The van der Waals surface area contributed by atoms with Crippen LogP contribution in [0, 0.1) is 0 Å². The highest BCUT2D eigenvalue weighted by molar-refractivity contribution is 5.86. The van der Waals surface area contributed by atoms with Gasteiger partial charge in [0.15, 0.2) is 5.82 Å². The molecule has 136 valence electrons. The summed E-state index contributed by atoms with van der Waals surface area (Å²) in [5, 5.41) is 5.23. The molecule has 0 fully saturated rings. The molecule has 1 N–H and O–H groups in total. The Bertz CT molecular complexity index is 940. The van der Waals surface area contributed by atoms with Crippen LogP contribution in [0.15, 0.2) is 28.8 Å². The average molecular weight is 352 g/mol. The number of aromatic nitrogens is 3. The number of carbonyl (C=O) groups excluding carboxylic acids is 1. The van der Waals surface area contributed by atoms with Crippen molar-refractivity contribution in [3.8, 4) is 0 Å². The van der Waals surface area contributed by atoms with Crippen LogP contribution in [0.3, 0.4) is 0 Å². The smallest absolute Gasteiger partial charge is 0.227 e. The zero-order valence-electron chi connectivity index (χ0n) is 15.5. The number of carbonyl (C=O) groups is 1. The van der Waals surface area contributed by atoms with Gasteiger partial charge in [-0.25, -0.2) is 0 Å². The number of nitrogens with zero attached hydrogens (tertiary/aromatic N) is 3. The molecule has 0 bridgehead atoms. The molecule has 6 heteroatoms. The Morgan fingerprint density at radius 3 is 2.96 bits per heavy atom. The van der Waals surface area contributed by atoms with Crippen molar-refractivity contribution in [2.75, 3.05) is 6.54 Å². The fourth-order valence-corrected chi connectivity index (χ4v) is 3.73. The third kappa shape index (κ3) is 2.89. The lowest BCUT2D eigenvalue weighted by atomic mass is 9.98. The van der Waals surface area contributed by atoms with E-state index in [4.69, 9.17) is 4.52 Å². The maximum absolute atomic E-state index is 12.8. The molecular formula is C20H24N4O2. The molecule has 1 amide bonds. The van der Waals surface area contributed by atoms with E-state index in [2.05, 4.69) is 40.2 Å². The van der Waals surface area contributed by atoms with Crippen molar-refractivity contribution < 1.29 is 9.32 Å². The number of hydrogen-bond acceptors (Lipinski definition) is 4. The van der Waals surface area contributed by atoms with Crippen molar-refractivity contribution in [2.24, 2.45) is 0 Å². The van der Waals surface area contributed by atoms with Gasteiger partial charge in [0.2, 0.25) is 11.8 Å². The molecule has 0 radical (unpaired) electrons. The molecule has 0 saturated carbocycles. The summed E-state index contributed by atoms with van der Waals surface area (Å²) >= 11 is 0. The normalized spacial score (nSPS) is 17.1. The van der Waals surface area contributed by atoms with Crippen LogP contribution in [-0.4, -0.2) is 32.5 Å². The van der Waals surface area contributed by atoms with Gasteiger partial charge in [-0.05, 0) is 25.0 Å². The van der Waals surface area contributed by atoms with E-state index in [9.17, 15) is 4.79 Å². The van der Waals surface area contributed by atoms with E-state index < -0.39 is 0 Å². The van der Waals surface area contributed by atoms with Gasteiger partial charge in [-0.15, -0.1) is 0 Å². The number of fused-ring (bicyclic) bond motifs is 3. The lowest BCUT2D eigenvalue weighted by Gasteiger charge is -2.33. The van der Waals surface area contributed by atoms with E-state index in [1.165, 1.54) is 10.9 Å². The Labute approximate surface area is 152 Å². The number of amides is 1. The fourth-order valence-electron chi connectivity index (χ4n) is 3.73. The maximum atomic E-state index is 12.8. The number of hydrogen-bond donors (Lipinski definition) is 1. The van der Waals surface area contributed by atoms with Gasteiger partial charge in [-0.1, -0.05) is 37.2 Å². The van der Waals surface area contributed by atoms with E-state index in [1.54, 1.807) is 0 Å². The topological polar surface area (TPSA) is 75.0 Å². The summed E-state index contributed by atoms with van der Waals surface area (Å²) in [5.74, 6) is 1.59. The molecule has 0 saturated heterocycles. The Balaban J connectivity index is 1.47. The Morgan fingerprint density at radius 1 is 1.38 bits per heavy atom. The first-order valence-electron chi connectivity index (χ1n) is 9.26. The second-order valence-electron chi connectivity index (χ2n) is 7.28. The van der Waals surface area contributed by atoms with Gasteiger partial charge in [0.1, 0.15) is 0 Å². The molecule has 6 nitrogen and oxygen atoms in total. The van der Waals surface area contributed by atoms with E-state index in [0.717, 1.165) is 24.2 Å². The minimum atomic E-state index is 0.0487. The molecule has 0 spiro atoms. The van der Waals surface area contributed by atoms with Crippen molar-refractivity contribution in [1.82, 2.24) is 20.0 Å². The first kappa shape index (κ1) is 16.8. The van der Waals surface area contributed by atoms with Gasteiger partial charge in [-0.2, -0.15) is 4.98 Å². The number of para-hydroxylation sites is 1. The van der Waals surface area contributed by atoms with Gasteiger partial charge in [0.25, 0.3) is 0 Å². The quantitative estimate of drug-likeness (QED) is 0.776. The zero-order chi connectivity index (χ0) is 18.3. The SMILES string of the molecule is CC(C)c1noc(CCC(=O)N2CCc3c([nH]c4ccccc34)[C@@H]2C)n1. The number of rotatable bonds is 4. The third-order valence-electron chi connectivity index (χ3n) is 5.21. The minimum absolute atomic E-state index is 0.0487. The van der Waals surface area contributed by atoms with Crippen LogP contribution in [0.2, 0.25) is 0 Å². The lowest BCUT2D eigenvalue weighted by molar-refractivity contribution is -0.133. The molecule has 1 aliphatic rings. The highest BCUT2D eigenvalue weighted by atomic mass is 16.5. The Kier molecular flexibility index (Phi) is 4.26. The van der Waals surface area contributed by atoms with E-state index in [-0.39, 0.29) is 17.9 Å². The Hall–Kier alpha value is -2.63. The molecule has 1 aliphatic heterocycles. The van der Waals surface area contributed by atoms with Crippen LogP contribution >= 0.6 is 0 Å². The second-order valence-corrected chi connectivity index (χ2v) is 7.28. The van der Waals surface area contributed by atoms with Crippen LogP contribution in [0.4, 0.5) is 0 Å². The largest absolute Gasteiger partial charge is 0.356 e. The van der Waals surface area contributed by atoms with Crippen LogP contribution in [0.25, 0.3) is 10.9 Å². The number of aromatic amines is 1. The van der Waals surface area contributed by atoms with Crippen molar-refractivity contribution in [3.63, 3.8) is 0 Å². The second kappa shape index (κ2) is 6.59. The van der Waals surface area contributed by atoms with Crippen LogP contribution in [0.1, 0.15) is 62.1 Å². The molecule has 3 aromatic rings. The van der Waals surface area contributed by atoms with Crippen LogP contribution in [0.5, 0.6) is 0 Å². The summed E-state index contributed by atoms with van der Waals surface area (Å²) in [6.45, 7) is 6.88. The summed E-state index contributed by atoms with van der Waals surface area (Å²) in [4.78, 5) is 22.6. The lowest BCUT2D eigenvalue weighted by Crippen LogP contribution is -2.38. The number of aryl methyl sites for hydroxylation is 1. The van der Waals surface area contributed by atoms with Crippen molar-refractivity contribution >= 4 is 16.8 Å². The molecule has 1 aromatic carbocycles. The predicted octanol–water partition coefficient (Wildman–Crippen LogP) is 3.75. The molecule has 4 rings (SSSR count). The van der Waals surface area contributed by atoms with Crippen molar-refractivity contribution in [2.45, 2.75) is 52.0 Å². The molecule has 1 atom stereocenters. The highest BCUT2D eigenvalue weighted by Crippen LogP contribution is 2.34. The molecule has 2 aromatic heterocycles. The predicted molar refractivity (Wildman–Crippen MR) is 98.8 cm³/mol. The number of H-pyrrole nitrogens is 1. The standard InChI is InChI=1S/C20H24N4O2/c1-12(2)20-22-17(26-23-20)8-9-18(25)24-11-10-15-14-6-4-5-7-16(14)21-19(15)13(24)3/h4-7,12-13,21H,8-11H2,1-3H3/t13-/m0/s1. The van der Waals surface area contributed by atoms with E-state index in [1.807, 2.05) is 24.8 Å². The highest BCUT2D eigenvalue weighted by Gasteiger charge is 2.30. The van der Waals surface area contributed by atoms with Gasteiger partial charge < -0.3 is 14.4 Å². The van der Waals surface area contributed by atoms with Gasteiger partial charge in [0, 0.05) is 41.9 Å². The average Bonchev–Trinajstić information content (AvgIpc) is 3.25. The monoisotopic (exact) mass is 352 g/mol. The molecule has 26 heavy (non-hydrogen) atoms. The first-order chi connectivity index (χ1) is 12.5. The maximum Gasteiger partial charge on any atom is 0.227 e. The van der Waals surface area contributed by atoms with Crippen LogP contribution in [-0.2, 0) is 17.6 Å². The minimum Gasteiger partial charge on any atom is -0.356 e. The van der Waals surface area contributed by atoms with Gasteiger partial charge in [0.05, 0.1) is 6.04 Å². The molecule has 3 heterocycles. The first-order valence-corrected chi connectivity index (χ1v) is 9.26. The summed E-state index contributed by atoms with van der Waals surface area (Å²) in [7, 11) is 0. The van der Waals surface area contributed by atoms with Gasteiger partial charge >= 0.3 is 0 Å². The molecular weight excluding hydrogens is 328 g/mol. The Morgan fingerprint density at radius 2 is 2.19 bits per heavy atom. The summed E-state index contributed by atoms with van der Waals surface area (Å²) in [6.07, 6.45) is 1.76. The molecule has 0 unspecified atom stereocenters.